The Bertz CT molecular complexity index is 366. The molecule has 2 heterocycles. The van der Waals surface area contributed by atoms with Crippen molar-refractivity contribution in [2.75, 3.05) is 19.8 Å². The van der Waals surface area contributed by atoms with Crippen LogP contribution in [-0.4, -0.2) is 59.1 Å². The maximum absolute atomic E-state index is 11.3. The highest BCUT2D eigenvalue weighted by Crippen LogP contribution is 2.30. The van der Waals surface area contributed by atoms with E-state index in [1.54, 1.807) is 0 Å². The predicted molar refractivity (Wildman–Crippen MR) is 53.3 cm³/mol. The second-order valence-corrected chi connectivity index (χ2v) is 3.88. The van der Waals surface area contributed by atoms with Gasteiger partial charge in [-0.05, 0) is 0 Å². The third-order valence-corrected chi connectivity index (χ3v) is 2.54. The van der Waals surface area contributed by atoms with E-state index in [9.17, 15) is 9.59 Å². The molecule has 0 aliphatic carbocycles. The van der Waals surface area contributed by atoms with Crippen LogP contribution in [0.4, 0.5) is 0 Å². The van der Waals surface area contributed by atoms with Gasteiger partial charge in [-0.15, -0.1) is 0 Å². The van der Waals surface area contributed by atoms with Gasteiger partial charge in [0, 0.05) is 0 Å². The molecule has 0 aromatic heterocycles. The Labute approximate surface area is 97.2 Å². The summed E-state index contributed by atoms with van der Waals surface area (Å²) < 4.78 is 9.95. The van der Waals surface area contributed by atoms with E-state index in [1.807, 2.05) is 0 Å². The van der Waals surface area contributed by atoms with E-state index in [4.69, 9.17) is 14.9 Å². The lowest BCUT2D eigenvalue weighted by atomic mass is 10.2. The van der Waals surface area contributed by atoms with Gasteiger partial charge in [0.25, 0.3) is 0 Å². The Kier molecular flexibility index (Phi) is 3.30. The molecule has 0 bridgehead atoms. The van der Waals surface area contributed by atoms with Crippen LogP contribution >= 0.6 is 0 Å². The van der Waals surface area contributed by atoms with Crippen LogP contribution in [0.5, 0.6) is 0 Å². The van der Waals surface area contributed by atoms with Gasteiger partial charge in [-0.1, -0.05) is 0 Å². The average molecular weight is 243 g/mol. The zero-order chi connectivity index (χ0) is 12.4. The summed E-state index contributed by atoms with van der Waals surface area (Å²) in [5.74, 6) is -0.283. The number of carbonyl (C=O) groups is 2. The molecule has 0 spiro atoms. The molecule has 0 aromatic carbocycles. The highest BCUT2D eigenvalue weighted by Gasteiger charge is 2.43. The van der Waals surface area contributed by atoms with E-state index in [1.165, 1.54) is 4.90 Å². The smallest absolute Gasteiger partial charge is 0.334 e. The van der Waals surface area contributed by atoms with Crippen molar-refractivity contribution in [3.05, 3.63) is 11.8 Å². The fraction of sp³-hybridized carbons (Fsp3) is 0.600. The average Bonchev–Trinajstić information content (AvgIpc) is 2.63. The van der Waals surface area contributed by atoms with E-state index in [0.717, 1.165) is 6.08 Å². The van der Waals surface area contributed by atoms with Crippen LogP contribution in [0, 0.1) is 0 Å². The number of β-lactam (4-membered cyclic amide) rings is 1. The molecular weight excluding hydrogens is 230 g/mol. The molecule has 7 heteroatoms. The molecule has 7 nitrogen and oxygen atoms in total. The van der Waals surface area contributed by atoms with Gasteiger partial charge in [-0.25, -0.2) is 4.79 Å². The van der Waals surface area contributed by atoms with Gasteiger partial charge < -0.3 is 19.7 Å². The Morgan fingerprint density at radius 1 is 1.71 bits per heavy atom. The summed E-state index contributed by atoms with van der Waals surface area (Å²) in [7, 11) is 0. The summed E-state index contributed by atoms with van der Waals surface area (Å²) in [6.45, 7) is -0.461. The molecule has 2 unspecified atom stereocenters. The second-order valence-electron chi connectivity index (χ2n) is 3.88. The quantitative estimate of drug-likeness (QED) is 0.349. The summed E-state index contributed by atoms with van der Waals surface area (Å²) in [6.07, 6.45) is 0.165. The molecule has 2 N–H and O–H groups in total. The molecule has 0 aromatic rings. The van der Waals surface area contributed by atoms with Crippen molar-refractivity contribution >= 4 is 11.9 Å². The van der Waals surface area contributed by atoms with E-state index in [-0.39, 0.29) is 25.3 Å². The van der Waals surface area contributed by atoms with Crippen LogP contribution in [0.25, 0.3) is 0 Å². The van der Waals surface area contributed by atoms with E-state index in [2.05, 4.69) is 4.74 Å². The largest absolute Gasteiger partial charge is 0.472 e. The van der Waals surface area contributed by atoms with Gasteiger partial charge in [-0.2, -0.15) is 0 Å². The van der Waals surface area contributed by atoms with Crippen molar-refractivity contribution in [1.82, 2.24) is 4.90 Å². The summed E-state index contributed by atoms with van der Waals surface area (Å²) in [5.41, 5.74) is 0. The van der Waals surface area contributed by atoms with Crippen LogP contribution < -0.4 is 0 Å². The number of esters is 1. The summed E-state index contributed by atoms with van der Waals surface area (Å²) in [5, 5.41) is 17.5. The molecule has 2 aliphatic heterocycles. The Hall–Kier alpha value is -1.60. The van der Waals surface area contributed by atoms with Gasteiger partial charge in [-0.3, -0.25) is 9.69 Å². The number of amides is 1. The first kappa shape index (κ1) is 11.9. The number of nitrogens with zero attached hydrogens (tertiary/aromatic N) is 1. The van der Waals surface area contributed by atoms with E-state index in [0.29, 0.717) is 12.2 Å². The molecular formula is C10H13NO6. The highest BCUT2D eigenvalue weighted by atomic mass is 16.5. The zero-order valence-electron chi connectivity index (χ0n) is 9.04. The highest BCUT2D eigenvalue weighted by molar-refractivity contribution is 5.85. The van der Waals surface area contributed by atoms with E-state index < -0.39 is 18.7 Å². The lowest BCUT2D eigenvalue weighted by Crippen LogP contribution is -2.48. The van der Waals surface area contributed by atoms with Crippen LogP contribution in [0.2, 0.25) is 0 Å². The number of ether oxygens (including phenoxy) is 2. The number of fused-ring (bicyclic) bond motifs is 1. The summed E-state index contributed by atoms with van der Waals surface area (Å²) in [4.78, 5) is 23.8. The normalized spacial score (nSPS) is 26.2. The zero-order valence-corrected chi connectivity index (χ0v) is 9.04. The minimum atomic E-state index is -1.08. The number of hydrogen-bond donors (Lipinski definition) is 2. The van der Waals surface area contributed by atoms with Gasteiger partial charge in [0.05, 0.1) is 25.6 Å². The van der Waals surface area contributed by atoms with Crippen molar-refractivity contribution in [3.63, 3.8) is 0 Å². The Morgan fingerprint density at radius 2 is 2.47 bits per heavy atom. The lowest BCUT2D eigenvalue weighted by Gasteiger charge is -2.30. The van der Waals surface area contributed by atoms with Gasteiger partial charge >= 0.3 is 5.97 Å². The van der Waals surface area contributed by atoms with Crippen LogP contribution in [0.15, 0.2) is 11.8 Å². The third kappa shape index (κ3) is 2.56. The maximum Gasteiger partial charge on any atom is 0.334 e. The first-order valence-electron chi connectivity index (χ1n) is 5.22. The first-order valence-corrected chi connectivity index (χ1v) is 5.22. The number of carbonyl (C=O) groups excluding carboxylic acids is 2. The minimum Gasteiger partial charge on any atom is -0.472 e. The lowest BCUT2D eigenvalue weighted by molar-refractivity contribution is -0.154. The van der Waals surface area contributed by atoms with Crippen molar-refractivity contribution < 1.29 is 29.3 Å². The molecule has 0 radical (unpaired) electrons. The number of aliphatic hydroxyl groups is 2. The molecule has 2 aliphatic rings. The molecule has 1 amide bonds. The molecule has 0 saturated carbocycles. The molecule has 17 heavy (non-hydrogen) atoms. The molecule has 94 valence electrons. The maximum atomic E-state index is 11.3. The molecule has 2 saturated heterocycles. The fourth-order valence-corrected chi connectivity index (χ4v) is 1.58. The van der Waals surface area contributed by atoms with Crippen molar-refractivity contribution in [1.29, 1.82) is 0 Å². The van der Waals surface area contributed by atoms with Crippen LogP contribution in [0.3, 0.4) is 0 Å². The summed E-state index contributed by atoms with van der Waals surface area (Å²) >= 11 is 0. The monoisotopic (exact) mass is 243 g/mol. The Balaban J connectivity index is 1.80. The Morgan fingerprint density at radius 3 is 3.06 bits per heavy atom. The minimum absolute atomic E-state index is 0.00229. The second kappa shape index (κ2) is 4.72. The van der Waals surface area contributed by atoms with E-state index >= 15 is 0 Å². The topological polar surface area (TPSA) is 96.3 Å². The number of aliphatic hydroxyl groups excluding tert-OH is 2. The number of rotatable bonds is 4. The standard InChI is InChI=1S/C10H13NO6/c12-4-6(13)5-16-10(15)1-7-3-11-8(14)2-9(11)17-7/h1,6,9,12-13H,2-5H2. The van der Waals surface area contributed by atoms with Crippen LogP contribution in [-0.2, 0) is 19.1 Å². The van der Waals surface area contributed by atoms with Crippen LogP contribution in [0.1, 0.15) is 6.42 Å². The van der Waals surface area contributed by atoms with Gasteiger partial charge in [0.15, 0.2) is 6.23 Å². The van der Waals surface area contributed by atoms with Crippen molar-refractivity contribution in [3.8, 4) is 0 Å². The predicted octanol–water partition coefficient (Wildman–Crippen LogP) is -1.64. The SMILES string of the molecule is O=C(C=C1CN2C(=O)CC2O1)OCC(O)CO. The number of hydrogen-bond acceptors (Lipinski definition) is 6. The first-order chi connectivity index (χ1) is 8.10. The van der Waals surface area contributed by atoms with Crippen molar-refractivity contribution in [2.45, 2.75) is 18.8 Å². The van der Waals surface area contributed by atoms with Crippen molar-refractivity contribution in [2.24, 2.45) is 0 Å². The summed E-state index contributed by atoms with van der Waals surface area (Å²) in [6, 6.07) is 0. The van der Waals surface area contributed by atoms with Gasteiger partial charge in [0.1, 0.15) is 18.5 Å². The van der Waals surface area contributed by atoms with Gasteiger partial charge in [0.2, 0.25) is 5.91 Å². The molecule has 2 fully saturated rings. The third-order valence-electron chi connectivity index (χ3n) is 2.54. The molecule has 2 rings (SSSR count). The fourth-order valence-electron chi connectivity index (χ4n) is 1.58. The molecule has 2 atom stereocenters.